The molecule has 0 aliphatic rings. The monoisotopic (exact) mass is 247 g/mol. The molecule has 0 bridgehead atoms. The Morgan fingerprint density at radius 1 is 1.61 bits per heavy atom. The molecule has 5 heteroatoms. The molecule has 0 spiro atoms. The van der Waals surface area contributed by atoms with Gasteiger partial charge in [-0.15, -0.1) is 0 Å². The number of amides is 1. The largest absolute Gasteiger partial charge is 0.396 e. The number of fused-ring (bicyclic) bond motifs is 1. The van der Waals surface area contributed by atoms with Crippen LogP contribution in [-0.2, 0) is 11.2 Å². The fraction of sp³-hybridized carbons (Fsp3) is 0.385. The number of aliphatic hydroxyl groups excluding tert-OH is 1. The molecule has 2 aromatic rings. The van der Waals surface area contributed by atoms with Gasteiger partial charge in [0.25, 0.3) is 0 Å². The molecular weight excluding hydrogens is 230 g/mol. The van der Waals surface area contributed by atoms with Gasteiger partial charge in [-0.2, -0.15) is 0 Å². The quantitative estimate of drug-likeness (QED) is 0.733. The average molecular weight is 247 g/mol. The lowest BCUT2D eigenvalue weighted by molar-refractivity contribution is -0.120. The van der Waals surface area contributed by atoms with Crippen molar-refractivity contribution in [1.82, 2.24) is 15.3 Å². The molecule has 1 amide bonds. The van der Waals surface area contributed by atoms with E-state index in [4.69, 9.17) is 5.11 Å². The molecule has 1 atom stereocenters. The van der Waals surface area contributed by atoms with Crippen LogP contribution < -0.4 is 5.32 Å². The third kappa shape index (κ3) is 2.87. The van der Waals surface area contributed by atoms with Crippen LogP contribution in [0.2, 0.25) is 0 Å². The van der Waals surface area contributed by atoms with E-state index >= 15 is 0 Å². The number of aromatic amines is 1. The summed E-state index contributed by atoms with van der Waals surface area (Å²) in [5.41, 5.74) is 1.73. The zero-order valence-electron chi connectivity index (χ0n) is 10.3. The highest BCUT2D eigenvalue weighted by molar-refractivity contribution is 5.86. The van der Waals surface area contributed by atoms with Crippen molar-refractivity contribution in [2.45, 2.75) is 13.3 Å². The van der Waals surface area contributed by atoms with Crippen molar-refractivity contribution in [3.8, 4) is 0 Å². The normalized spacial score (nSPS) is 12.6. The van der Waals surface area contributed by atoms with Gasteiger partial charge in [0.15, 0.2) is 0 Å². The van der Waals surface area contributed by atoms with E-state index in [-0.39, 0.29) is 18.4 Å². The molecule has 18 heavy (non-hydrogen) atoms. The van der Waals surface area contributed by atoms with Gasteiger partial charge in [-0.25, -0.2) is 4.98 Å². The minimum absolute atomic E-state index is 0.0416. The Kier molecular flexibility index (Phi) is 3.94. The number of carbonyl (C=O) groups is 1. The molecule has 0 saturated carbocycles. The van der Waals surface area contributed by atoms with E-state index < -0.39 is 0 Å². The lowest BCUT2D eigenvalue weighted by atomic mass is 10.1. The first kappa shape index (κ1) is 12.6. The lowest BCUT2D eigenvalue weighted by Gasteiger charge is -2.09. The number of aromatic nitrogens is 2. The number of rotatable bonds is 5. The molecule has 1 unspecified atom stereocenters. The van der Waals surface area contributed by atoms with E-state index in [9.17, 15) is 4.79 Å². The van der Waals surface area contributed by atoms with Crippen molar-refractivity contribution < 1.29 is 9.90 Å². The zero-order chi connectivity index (χ0) is 13.0. The van der Waals surface area contributed by atoms with Gasteiger partial charge in [-0.3, -0.25) is 4.79 Å². The molecule has 0 aliphatic carbocycles. The van der Waals surface area contributed by atoms with E-state index in [1.165, 1.54) is 0 Å². The summed E-state index contributed by atoms with van der Waals surface area (Å²) in [6.45, 7) is 2.46. The maximum atomic E-state index is 11.7. The molecule has 3 N–H and O–H groups in total. The van der Waals surface area contributed by atoms with E-state index in [0.717, 1.165) is 16.6 Å². The van der Waals surface area contributed by atoms with Gasteiger partial charge >= 0.3 is 0 Å². The van der Waals surface area contributed by atoms with Crippen LogP contribution in [0.25, 0.3) is 11.0 Å². The fourth-order valence-corrected chi connectivity index (χ4v) is 1.75. The molecule has 2 rings (SSSR count). The highest BCUT2D eigenvalue weighted by atomic mass is 16.3. The van der Waals surface area contributed by atoms with Crippen molar-refractivity contribution in [2.24, 2.45) is 5.92 Å². The Bertz CT molecular complexity index is 536. The molecule has 0 fully saturated rings. The number of hydrogen-bond donors (Lipinski definition) is 3. The van der Waals surface area contributed by atoms with Crippen LogP contribution in [-0.4, -0.2) is 34.1 Å². The van der Waals surface area contributed by atoms with Gasteiger partial charge < -0.3 is 15.4 Å². The van der Waals surface area contributed by atoms with E-state index in [1.54, 1.807) is 6.20 Å². The van der Waals surface area contributed by atoms with Crippen molar-refractivity contribution in [1.29, 1.82) is 0 Å². The third-order valence-corrected chi connectivity index (χ3v) is 2.85. The van der Waals surface area contributed by atoms with Crippen molar-refractivity contribution in [2.75, 3.05) is 13.2 Å². The average Bonchev–Trinajstić information content (AvgIpc) is 2.79. The zero-order valence-corrected chi connectivity index (χ0v) is 10.3. The number of aliphatic hydroxyl groups is 1. The van der Waals surface area contributed by atoms with Crippen LogP contribution in [0.3, 0.4) is 0 Å². The lowest BCUT2D eigenvalue weighted by Crippen LogP contribution is -2.30. The van der Waals surface area contributed by atoms with Gasteiger partial charge in [0.1, 0.15) is 5.65 Å². The van der Waals surface area contributed by atoms with E-state index in [1.807, 2.05) is 25.3 Å². The maximum Gasteiger partial charge on any atom is 0.224 e. The predicted octanol–water partition coefficient (Wildman–Crippen LogP) is 0.850. The number of pyridine rings is 1. The van der Waals surface area contributed by atoms with Crippen molar-refractivity contribution in [3.63, 3.8) is 0 Å². The van der Waals surface area contributed by atoms with Crippen LogP contribution in [0.1, 0.15) is 12.5 Å². The second-order valence-electron chi connectivity index (χ2n) is 4.48. The third-order valence-electron chi connectivity index (χ3n) is 2.85. The van der Waals surface area contributed by atoms with Gasteiger partial charge in [-0.05, 0) is 23.6 Å². The summed E-state index contributed by atoms with van der Waals surface area (Å²) in [5, 5.41) is 12.7. The fourth-order valence-electron chi connectivity index (χ4n) is 1.75. The molecule has 0 aromatic carbocycles. The summed E-state index contributed by atoms with van der Waals surface area (Å²) in [4.78, 5) is 19.0. The molecular formula is C13H17N3O2. The molecule has 0 saturated heterocycles. The van der Waals surface area contributed by atoms with Gasteiger partial charge in [0.2, 0.25) is 5.91 Å². The molecule has 96 valence electrons. The van der Waals surface area contributed by atoms with Gasteiger partial charge in [-0.1, -0.05) is 6.92 Å². The van der Waals surface area contributed by atoms with Crippen molar-refractivity contribution >= 4 is 16.9 Å². The SMILES string of the molecule is CC(CO)CNC(=O)Cc1c[nH]c2ncccc12. The first-order valence-corrected chi connectivity index (χ1v) is 5.99. The summed E-state index contributed by atoms with van der Waals surface area (Å²) in [6.07, 6.45) is 3.85. The Hall–Kier alpha value is -1.88. The summed E-state index contributed by atoms with van der Waals surface area (Å²) in [6, 6.07) is 3.79. The summed E-state index contributed by atoms with van der Waals surface area (Å²) in [5.74, 6) is 0.0404. The van der Waals surface area contributed by atoms with Gasteiger partial charge in [0, 0.05) is 30.9 Å². The summed E-state index contributed by atoms with van der Waals surface area (Å²) < 4.78 is 0. The van der Waals surface area contributed by atoms with Crippen LogP contribution in [0, 0.1) is 5.92 Å². The number of nitrogens with one attached hydrogen (secondary N) is 2. The molecule has 0 radical (unpaired) electrons. The maximum absolute atomic E-state index is 11.7. The van der Waals surface area contributed by atoms with Gasteiger partial charge in [0.05, 0.1) is 6.42 Å². The number of carbonyl (C=O) groups excluding carboxylic acids is 1. The molecule has 5 nitrogen and oxygen atoms in total. The van der Waals surface area contributed by atoms with Crippen molar-refractivity contribution in [3.05, 3.63) is 30.1 Å². The first-order valence-electron chi connectivity index (χ1n) is 5.99. The second kappa shape index (κ2) is 5.64. The Labute approximate surface area is 105 Å². The Balaban J connectivity index is 1.99. The summed E-state index contributed by atoms with van der Waals surface area (Å²) >= 11 is 0. The molecule has 2 heterocycles. The topological polar surface area (TPSA) is 78.0 Å². The first-order chi connectivity index (χ1) is 8.70. The smallest absolute Gasteiger partial charge is 0.224 e. The van der Waals surface area contributed by atoms with Crippen LogP contribution >= 0.6 is 0 Å². The van der Waals surface area contributed by atoms with E-state index in [2.05, 4.69) is 15.3 Å². The van der Waals surface area contributed by atoms with Crippen LogP contribution in [0.5, 0.6) is 0 Å². The highest BCUT2D eigenvalue weighted by Gasteiger charge is 2.09. The number of H-pyrrole nitrogens is 1. The van der Waals surface area contributed by atoms with Crippen LogP contribution in [0.15, 0.2) is 24.5 Å². The molecule has 0 aliphatic heterocycles. The second-order valence-corrected chi connectivity index (χ2v) is 4.48. The standard InChI is InChI=1S/C13H17N3O2/c1-9(8-17)6-15-12(18)5-10-7-16-13-11(10)3-2-4-14-13/h2-4,7,9,17H,5-6,8H2,1H3,(H,14,16)(H,15,18). The Morgan fingerprint density at radius 2 is 2.44 bits per heavy atom. The Morgan fingerprint density at radius 3 is 3.22 bits per heavy atom. The predicted molar refractivity (Wildman–Crippen MR) is 69.1 cm³/mol. The minimum atomic E-state index is -0.0416. The number of hydrogen-bond acceptors (Lipinski definition) is 3. The summed E-state index contributed by atoms with van der Waals surface area (Å²) in [7, 11) is 0. The molecule has 2 aromatic heterocycles. The highest BCUT2D eigenvalue weighted by Crippen LogP contribution is 2.15. The van der Waals surface area contributed by atoms with Crippen LogP contribution in [0.4, 0.5) is 0 Å². The number of nitrogens with zero attached hydrogens (tertiary/aromatic N) is 1. The van der Waals surface area contributed by atoms with E-state index in [0.29, 0.717) is 13.0 Å². The minimum Gasteiger partial charge on any atom is -0.396 e.